The highest BCUT2D eigenvalue weighted by Crippen LogP contribution is 2.44. The molecule has 0 aromatic carbocycles. The van der Waals surface area contributed by atoms with Gasteiger partial charge in [0.15, 0.2) is 0 Å². The van der Waals surface area contributed by atoms with E-state index in [1.165, 1.54) is 4.90 Å². The van der Waals surface area contributed by atoms with Crippen LogP contribution in [-0.2, 0) is 4.79 Å². The number of nitrogens with two attached hydrogens (primary N) is 1. The lowest BCUT2D eigenvalue weighted by Crippen LogP contribution is -2.55. The van der Waals surface area contributed by atoms with Crippen molar-refractivity contribution in [3.8, 4) is 0 Å². The van der Waals surface area contributed by atoms with Crippen LogP contribution >= 0.6 is 11.8 Å². The van der Waals surface area contributed by atoms with Crippen molar-refractivity contribution in [2.24, 2.45) is 11.7 Å². The largest absolute Gasteiger partial charge is 0.328 e. The van der Waals surface area contributed by atoms with Gasteiger partial charge in [-0.2, -0.15) is 0 Å². The first-order chi connectivity index (χ1) is 6.59. The first-order valence-electron chi connectivity index (χ1n) is 4.79. The van der Waals surface area contributed by atoms with Crippen molar-refractivity contribution in [2.45, 2.75) is 25.3 Å². The van der Waals surface area contributed by atoms with Crippen LogP contribution in [0.1, 0.15) is 19.8 Å². The van der Waals surface area contributed by atoms with E-state index in [9.17, 15) is 9.59 Å². The van der Waals surface area contributed by atoms with Crippen LogP contribution in [-0.4, -0.2) is 33.9 Å². The maximum Gasteiger partial charge on any atom is 0.289 e. The zero-order valence-electron chi connectivity index (χ0n) is 8.16. The lowest BCUT2D eigenvalue weighted by atomic mass is 9.94. The number of imide groups is 1. The minimum absolute atomic E-state index is 0.0835. The number of rotatable bonds is 3. The zero-order chi connectivity index (χ0) is 10.3. The van der Waals surface area contributed by atoms with Crippen molar-refractivity contribution in [3.05, 3.63) is 0 Å². The monoisotopic (exact) mass is 214 g/mol. The first kappa shape index (κ1) is 9.98. The summed E-state index contributed by atoms with van der Waals surface area (Å²) >= 11 is 1.08. The van der Waals surface area contributed by atoms with Gasteiger partial charge in [0.1, 0.15) is 0 Å². The number of hydrogen-bond donors (Lipinski definition) is 1. The quantitative estimate of drug-likeness (QED) is 0.755. The molecule has 2 amide bonds. The molecule has 0 aromatic heterocycles. The van der Waals surface area contributed by atoms with Crippen LogP contribution in [0.5, 0.6) is 0 Å². The van der Waals surface area contributed by atoms with Crippen LogP contribution in [0.2, 0.25) is 0 Å². The number of carbonyl (C=O) groups excluding carboxylic acids is 2. The predicted octanol–water partition coefficient (Wildman–Crippen LogP) is 0.809. The van der Waals surface area contributed by atoms with Gasteiger partial charge in [-0.05, 0) is 25.7 Å². The van der Waals surface area contributed by atoms with Gasteiger partial charge < -0.3 is 5.73 Å². The topological polar surface area (TPSA) is 63.4 Å². The molecule has 1 heterocycles. The summed E-state index contributed by atoms with van der Waals surface area (Å²) in [4.78, 5) is 24.5. The average Bonchev–Trinajstić information content (AvgIpc) is 2.94. The van der Waals surface area contributed by atoms with Crippen LogP contribution in [0.15, 0.2) is 0 Å². The van der Waals surface area contributed by atoms with Gasteiger partial charge in [-0.1, -0.05) is 11.8 Å². The maximum absolute atomic E-state index is 11.6. The average molecular weight is 214 g/mol. The lowest BCUT2D eigenvalue weighted by Gasteiger charge is -2.36. The third kappa shape index (κ3) is 1.35. The molecule has 2 aliphatic rings. The van der Waals surface area contributed by atoms with E-state index >= 15 is 0 Å². The Labute approximate surface area is 87.2 Å². The fourth-order valence-electron chi connectivity index (χ4n) is 1.99. The van der Waals surface area contributed by atoms with E-state index in [0.717, 1.165) is 24.6 Å². The molecule has 0 bridgehead atoms. The van der Waals surface area contributed by atoms with Gasteiger partial charge >= 0.3 is 0 Å². The standard InChI is InChI=1S/C9H14N2O2S/c1-9(5-10,6-2-3-6)11-7(12)4-14-8(11)13/h6H,2-5,10H2,1H3. The van der Waals surface area contributed by atoms with E-state index in [-0.39, 0.29) is 16.9 Å². The molecule has 2 rings (SSSR count). The Balaban J connectivity index is 2.25. The molecule has 0 radical (unpaired) electrons. The smallest absolute Gasteiger partial charge is 0.289 e. The highest BCUT2D eigenvalue weighted by Gasteiger charge is 2.51. The molecular formula is C9H14N2O2S. The highest BCUT2D eigenvalue weighted by molar-refractivity contribution is 8.14. The Bertz CT molecular complexity index is 275. The van der Waals surface area contributed by atoms with Gasteiger partial charge in [0, 0.05) is 6.54 Å². The Morgan fingerprint density at radius 2 is 2.21 bits per heavy atom. The van der Waals surface area contributed by atoms with E-state index in [1.54, 1.807) is 0 Å². The minimum Gasteiger partial charge on any atom is -0.328 e. The molecule has 4 nitrogen and oxygen atoms in total. The van der Waals surface area contributed by atoms with Gasteiger partial charge in [-0.15, -0.1) is 0 Å². The lowest BCUT2D eigenvalue weighted by molar-refractivity contribution is -0.129. The van der Waals surface area contributed by atoms with E-state index in [0.29, 0.717) is 12.5 Å². The van der Waals surface area contributed by atoms with Gasteiger partial charge in [-0.25, -0.2) is 0 Å². The van der Waals surface area contributed by atoms with Crippen LogP contribution < -0.4 is 5.73 Å². The fourth-order valence-corrected chi connectivity index (χ4v) is 2.81. The molecule has 1 atom stereocenters. The van der Waals surface area contributed by atoms with Gasteiger partial charge in [0.05, 0.1) is 11.3 Å². The van der Waals surface area contributed by atoms with Crippen LogP contribution in [0.25, 0.3) is 0 Å². The number of amides is 2. The summed E-state index contributed by atoms with van der Waals surface area (Å²) in [6, 6.07) is 0. The summed E-state index contributed by atoms with van der Waals surface area (Å²) in [5.74, 6) is 0.611. The maximum atomic E-state index is 11.6. The Morgan fingerprint density at radius 3 is 2.57 bits per heavy atom. The molecule has 1 aliphatic carbocycles. The van der Waals surface area contributed by atoms with Gasteiger partial charge in [0.2, 0.25) is 5.91 Å². The number of thioether (sulfide) groups is 1. The number of hydrogen-bond acceptors (Lipinski definition) is 4. The van der Waals surface area contributed by atoms with Crippen LogP contribution in [0, 0.1) is 5.92 Å². The summed E-state index contributed by atoms with van der Waals surface area (Å²) in [6.07, 6.45) is 2.16. The molecule has 14 heavy (non-hydrogen) atoms. The van der Waals surface area contributed by atoms with Gasteiger partial charge in [0.25, 0.3) is 5.24 Å². The zero-order valence-corrected chi connectivity index (χ0v) is 8.97. The predicted molar refractivity (Wildman–Crippen MR) is 54.9 cm³/mol. The van der Waals surface area contributed by atoms with Crippen molar-refractivity contribution in [1.29, 1.82) is 0 Å². The first-order valence-corrected chi connectivity index (χ1v) is 5.78. The molecular weight excluding hydrogens is 200 g/mol. The van der Waals surface area contributed by atoms with E-state index in [1.807, 2.05) is 6.92 Å². The van der Waals surface area contributed by atoms with Crippen LogP contribution in [0.3, 0.4) is 0 Å². The summed E-state index contributed by atoms with van der Waals surface area (Å²) < 4.78 is 0. The van der Waals surface area contributed by atoms with Crippen LogP contribution in [0.4, 0.5) is 4.79 Å². The molecule has 5 heteroatoms. The van der Waals surface area contributed by atoms with E-state index in [2.05, 4.69) is 0 Å². The molecule has 2 fully saturated rings. The molecule has 0 aromatic rings. The second-order valence-corrected chi connectivity index (χ2v) is 5.05. The summed E-state index contributed by atoms with van der Waals surface area (Å²) in [7, 11) is 0. The second kappa shape index (κ2) is 3.24. The van der Waals surface area contributed by atoms with Gasteiger partial charge in [-0.3, -0.25) is 14.5 Å². The molecule has 2 N–H and O–H groups in total. The summed E-state index contributed by atoms with van der Waals surface area (Å²) in [6.45, 7) is 2.29. The molecule has 1 unspecified atom stereocenters. The highest BCUT2D eigenvalue weighted by atomic mass is 32.2. The third-order valence-corrected chi connectivity index (χ3v) is 3.95. The molecule has 1 saturated carbocycles. The van der Waals surface area contributed by atoms with Crippen molar-refractivity contribution in [2.75, 3.05) is 12.3 Å². The minimum atomic E-state index is -0.433. The Kier molecular flexibility index (Phi) is 2.31. The number of carbonyl (C=O) groups is 2. The molecule has 78 valence electrons. The van der Waals surface area contributed by atoms with Crippen molar-refractivity contribution in [3.63, 3.8) is 0 Å². The normalized spacial score (nSPS) is 26.9. The molecule has 0 spiro atoms. The van der Waals surface area contributed by atoms with Crippen molar-refractivity contribution >= 4 is 22.9 Å². The van der Waals surface area contributed by atoms with E-state index < -0.39 is 5.54 Å². The SMILES string of the molecule is CC(CN)(C1CC1)N1C(=O)CSC1=O. The summed E-state index contributed by atoms with van der Waals surface area (Å²) in [5, 5.41) is -0.130. The molecule has 1 saturated heterocycles. The van der Waals surface area contributed by atoms with Crippen molar-refractivity contribution in [1.82, 2.24) is 4.90 Å². The van der Waals surface area contributed by atoms with E-state index in [4.69, 9.17) is 5.73 Å². The number of nitrogens with zero attached hydrogens (tertiary/aromatic N) is 1. The fraction of sp³-hybridized carbons (Fsp3) is 0.778. The summed E-state index contributed by atoms with van der Waals surface area (Å²) in [5.41, 5.74) is 5.26. The Morgan fingerprint density at radius 1 is 1.57 bits per heavy atom. The third-order valence-electron chi connectivity index (χ3n) is 3.13. The van der Waals surface area contributed by atoms with Crippen molar-refractivity contribution < 1.29 is 9.59 Å². The molecule has 1 aliphatic heterocycles. The second-order valence-electron chi connectivity index (χ2n) is 4.12. The Hall–Kier alpha value is -0.550.